The SMILES string of the molecule is CC(C)(C)c1cc(I)c(O)c(/C=N\O)c1. The molecule has 0 aromatic heterocycles. The Balaban J connectivity index is 3.36. The van der Waals surface area contributed by atoms with Crippen LogP contribution in [0.25, 0.3) is 0 Å². The molecule has 1 aromatic carbocycles. The summed E-state index contributed by atoms with van der Waals surface area (Å²) in [5, 5.41) is 21.1. The van der Waals surface area contributed by atoms with Gasteiger partial charge < -0.3 is 10.3 Å². The van der Waals surface area contributed by atoms with Crippen LogP contribution in [0.5, 0.6) is 5.75 Å². The molecule has 15 heavy (non-hydrogen) atoms. The maximum absolute atomic E-state index is 9.71. The summed E-state index contributed by atoms with van der Waals surface area (Å²) < 4.78 is 0.759. The number of phenolic OH excluding ortho intramolecular Hbond substituents is 1. The van der Waals surface area contributed by atoms with Gasteiger partial charge in [0.1, 0.15) is 5.75 Å². The Morgan fingerprint density at radius 1 is 1.33 bits per heavy atom. The zero-order chi connectivity index (χ0) is 11.6. The first-order valence-corrected chi connectivity index (χ1v) is 5.64. The summed E-state index contributed by atoms with van der Waals surface area (Å²) in [6.07, 6.45) is 1.24. The van der Waals surface area contributed by atoms with E-state index in [4.69, 9.17) is 5.21 Å². The van der Waals surface area contributed by atoms with Crippen molar-refractivity contribution in [2.45, 2.75) is 26.2 Å². The predicted molar refractivity (Wildman–Crippen MR) is 68.9 cm³/mol. The average Bonchev–Trinajstić information content (AvgIpc) is 2.11. The van der Waals surface area contributed by atoms with Crippen molar-refractivity contribution in [3.8, 4) is 5.75 Å². The number of hydrogen-bond donors (Lipinski definition) is 2. The maximum Gasteiger partial charge on any atom is 0.137 e. The third-order valence-electron chi connectivity index (χ3n) is 2.16. The van der Waals surface area contributed by atoms with Crippen LogP contribution in [0.4, 0.5) is 0 Å². The van der Waals surface area contributed by atoms with Gasteiger partial charge in [-0.1, -0.05) is 25.9 Å². The van der Waals surface area contributed by atoms with Gasteiger partial charge in [-0.3, -0.25) is 0 Å². The molecule has 0 radical (unpaired) electrons. The van der Waals surface area contributed by atoms with Crippen molar-refractivity contribution in [3.63, 3.8) is 0 Å². The van der Waals surface area contributed by atoms with E-state index in [1.54, 1.807) is 0 Å². The van der Waals surface area contributed by atoms with Crippen molar-refractivity contribution in [1.82, 2.24) is 0 Å². The molecule has 82 valence electrons. The zero-order valence-corrected chi connectivity index (χ0v) is 11.1. The molecular formula is C11H14INO2. The molecule has 2 N–H and O–H groups in total. The van der Waals surface area contributed by atoms with Crippen LogP contribution in [0.2, 0.25) is 0 Å². The summed E-state index contributed by atoms with van der Waals surface area (Å²) in [5.41, 5.74) is 1.64. The van der Waals surface area contributed by atoms with Crippen molar-refractivity contribution in [1.29, 1.82) is 0 Å². The molecule has 0 bridgehead atoms. The van der Waals surface area contributed by atoms with Crippen LogP contribution in [0, 0.1) is 3.57 Å². The van der Waals surface area contributed by atoms with Gasteiger partial charge in [0.05, 0.1) is 9.78 Å². The van der Waals surface area contributed by atoms with Crippen LogP contribution < -0.4 is 0 Å². The minimum Gasteiger partial charge on any atom is -0.506 e. The molecule has 1 aromatic rings. The fraction of sp³-hybridized carbons (Fsp3) is 0.364. The molecule has 4 heteroatoms. The lowest BCUT2D eigenvalue weighted by Gasteiger charge is -2.20. The highest BCUT2D eigenvalue weighted by Gasteiger charge is 2.17. The lowest BCUT2D eigenvalue weighted by molar-refractivity contribution is 0.321. The van der Waals surface area contributed by atoms with Crippen LogP contribution in [0.15, 0.2) is 17.3 Å². The molecular weight excluding hydrogens is 305 g/mol. The molecule has 0 saturated heterocycles. The molecule has 0 aliphatic carbocycles. The Hall–Kier alpha value is -0.780. The van der Waals surface area contributed by atoms with Crippen molar-refractivity contribution in [2.75, 3.05) is 0 Å². The van der Waals surface area contributed by atoms with Gasteiger partial charge in [0, 0.05) is 5.56 Å². The summed E-state index contributed by atoms with van der Waals surface area (Å²) in [6.45, 7) is 6.28. The molecule has 0 aliphatic heterocycles. The Kier molecular flexibility index (Phi) is 3.59. The zero-order valence-electron chi connectivity index (χ0n) is 8.95. The van der Waals surface area contributed by atoms with E-state index >= 15 is 0 Å². The number of benzene rings is 1. The standard InChI is InChI=1S/C11H14INO2/c1-11(2,3)8-4-7(6-13-15)10(14)9(12)5-8/h4-6,14-15H,1-3H3/b13-6-. The highest BCUT2D eigenvalue weighted by atomic mass is 127. The molecule has 0 unspecified atom stereocenters. The lowest BCUT2D eigenvalue weighted by atomic mass is 9.86. The van der Waals surface area contributed by atoms with Gasteiger partial charge in [-0.05, 0) is 45.7 Å². The number of hydrogen-bond acceptors (Lipinski definition) is 3. The predicted octanol–water partition coefficient (Wildman–Crippen LogP) is 3.10. The quantitative estimate of drug-likeness (QED) is 0.362. The van der Waals surface area contributed by atoms with Crippen LogP contribution in [-0.2, 0) is 5.41 Å². The fourth-order valence-corrected chi connectivity index (χ4v) is 1.86. The summed E-state index contributed by atoms with van der Waals surface area (Å²) >= 11 is 2.06. The normalized spacial score (nSPS) is 12.3. The molecule has 0 aliphatic rings. The molecule has 0 spiro atoms. The average molecular weight is 319 g/mol. The van der Waals surface area contributed by atoms with Crippen molar-refractivity contribution < 1.29 is 10.3 Å². The second-order valence-corrected chi connectivity index (χ2v) is 5.55. The van der Waals surface area contributed by atoms with Gasteiger partial charge in [0.25, 0.3) is 0 Å². The monoisotopic (exact) mass is 319 g/mol. The highest BCUT2D eigenvalue weighted by molar-refractivity contribution is 14.1. The smallest absolute Gasteiger partial charge is 0.137 e. The van der Waals surface area contributed by atoms with Crippen LogP contribution >= 0.6 is 22.6 Å². The fourth-order valence-electron chi connectivity index (χ4n) is 1.21. The number of aromatic hydroxyl groups is 1. The summed E-state index contributed by atoms with van der Waals surface area (Å²) in [4.78, 5) is 0. The minimum atomic E-state index is 0.00562. The first-order valence-electron chi connectivity index (χ1n) is 4.56. The largest absolute Gasteiger partial charge is 0.506 e. The lowest BCUT2D eigenvalue weighted by Crippen LogP contribution is -2.12. The second-order valence-electron chi connectivity index (χ2n) is 4.39. The Bertz CT molecular complexity index is 394. The number of rotatable bonds is 1. The first kappa shape index (κ1) is 12.3. The number of oxime groups is 1. The van der Waals surface area contributed by atoms with Crippen molar-refractivity contribution in [2.24, 2.45) is 5.16 Å². The molecule has 0 amide bonds. The van der Waals surface area contributed by atoms with E-state index < -0.39 is 0 Å². The van der Waals surface area contributed by atoms with E-state index in [2.05, 4.69) is 48.5 Å². The van der Waals surface area contributed by atoms with Crippen LogP contribution in [0.1, 0.15) is 31.9 Å². The van der Waals surface area contributed by atoms with Gasteiger partial charge in [-0.15, -0.1) is 0 Å². The number of phenols is 1. The van der Waals surface area contributed by atoms with Gasteiger partial charge >= 0.3 is 0 Å². The van der Waals surface area contributed by atoms with E-state index in [1.807, 2.05) is 12.1 Å². The van der Waals surface area contributed by atoms with Gasteiger partial charge in [0.2, 0.25) is 0 Å². The van der Waals surface area contributed by atoms with E-state index in [9.17, 15) is 5.11 Å². The summed E-state index contributed by atoms with van der Waals surface area (Å²) in [7, 11) is 0. The van der Waals surface area contributed by atoms with Gasteiger partial charge in [-0.25, -0.2) is 0 Å². The molecule has 0 fully saturated rings. The van der Waals surface area contributed by atoms with Crippen molar-refractivity contribution >= 4 is 28.8 Å². The third-order valence-corrected chi connectivity index (χ3v) is 2.98. The highest BCUT2D eigenvalue weighted by Crippen LogP contribution is 2.30. The molecule has 3 nitrogen and oxygen atoms in total. The summed E-state index contributed by atoms with van der Waals surface area (Å²) in [6, 6.07) is 3.77. The number of nitrogens with zero attached hydrogens (tertiary/aromatic N) is 1. The van der Waals surface area contributed by atoms with E-state index in [0.29, 0.717) is 5.56 Å². The van der Waals surface area contributed by atoms with E-state index in [1.165, 1.54) is 6.21 Å². The van der Waals surface area contributed by atoms with E-state index in [-0.39, 0.29) is 11.2 Å². The maximum atomic E-state index is 9.71. The van der Waals surface area contributed by atoms with Crippen molar-refractivity contribution in [3.05, 3.63) is 26.8 Å². The molecule has 1 rings (SSSR count). The van der Waals surface area contributed by atoms with Gasteiger partial charge in [0.15, 0.2) is 0 Å². The second kappa shape index (κ2) is 4.38. The Labute approximate surface area is 103 Å². The van der Waals surface area contributed by atoms with Crippen LogP contribution in [0.3, 0.4) is 0 Å². The Morgan fingerprint density at radius 3 is 2.40 bits per heavy atom. The minimum absolute atomic E-state index is 0.00562. The third kappa shape index (κ3) is 2.84. The van der Waals surface area contributed by atoms with Crippen LogP contribution in [-0.4, -0.2) is 16.5 Å². The summed E-state index contributed by atoms with van der Waals surface area (Å²) in [5.74, 6) is 0.154. The Morgan fingerprint density at radius 2 is 1.93 bits per heavy atom. The molecule has 0 atom stereocenters. The van der Waals surface area contributed by atoms with E-state index in [0.717, 1.165) is 9.13 Å². The molecule has 0 saturated carbocycles. The molecule has 0 heterocycles. The topological polar surface area (TPSA) is 52.8 Å². The number of halogens is 1. The first-order chi connectivity index (χ1) is 6.86. The van der Waals surface area contributed by atoms with Gasteiger partial charge in [-0.2, -0.15) is 0 Å².